The van der Waals surface area contributed by atoms with E-state index in [9.17, 15) is 18.0 Å². The van der Waals surface area contributed by atoms with Crippen molar-refractivity contribution in [3.05, 3.63) is 65.2 Å². The molecule has 156 valence electrons. The molecule has 1 aliphatic rings. The van der Waals surface area contributed by atoms with E-state index in [-0.39, 0.29) is 5.56 Å². The highest BCUT2D eigenvalue weighted by atomic mass is 32.2. The average molecular weight is 423 g/mol. The van der Waals surface area contributed by atoms with E-state index in [1.807, 2.05) is 0 Å². The second-order valence-corrected chi connectivity index (χ2v) is 8.17. The number of carbonyl (C=O) groups excluding carboxylic acids is 1. The minimum absolute atomic E-state index is 0.0472. The molecule has 7 heteroatoms. The molecule has 1 saturated heterocycles. The summed E-state index contributed by atoms with van der Waals surface area (Å²) in [5, 5.41) is 2.80. The Labute approximate surface area is 173 Å². The van der Waals surface area contributed by atoms with Crippen LogP contribution < -0.4 is 5.32 Å². The quantitative estimate of drug-likeness (QED) is 0.660. The number of nitrogens with zero attached hydrogens (tertiary/aromatic N) is 1. The molecule has 1 N–H and O–H groups in total. The van der Waals surface area contributed by atoms with Gasteiger partial charge in [-0.05, 0) is 67.9 Å². The van der Waals surface area contributed by atoms with Gasteiger partial charge in [0, 0.05) is 23.5 Å². The van der Waals surface area contributed by atoms with Crippen LogP contribution in [-0.4, -0.2) is 36.7 Å². The summed E-state index contributed by atoms with van der Waals surface area (Å²) in [6.45, 7) is 3.31. The van der Waals surface area contributed by atoms with E-state index in [2.05, 4.69) is 40.7 Å². The molecule has 0 aliphatic carbocycles. The maximum atomic E-state index is 12.8. The summed E-state index contributed by atoms with van der Waals surface area (Å²) in [5.41, 5.74) is 0.575. The van der Waals surface area contributed by atoms with Crippen molar-refractivity contribution in [1.82, 2.24) is 10.2 Å². The minimum Gasteiger partial charge on any atom is -0.352 e. The first-order valence-corrected chi connectivity index (χ1v) is 10.9. The maximum absolute atomic E-state index is 12.8. The molecule has 1 fully saturated rings. The molecule has 3 rings (SSSR count). The first-order chi connectivity index (χ1) is 13.9. The number of halogens is 3. The van der Waals surface area contributed by atoms with Crippen LogP contribution >= 0.6 is 11.8 Å². The SMILES string of the molecule is CSc1ccccc1CN1CCC(CNC(=O)c2cccc(C(F)(F)F)c2)CC1. The molecule has 1 heterocycles. The summed E-state index contributed by atoms with van der Waals surface area (Å²) in [4.78, 5) is 16.0. The van der Waals surface area contributed by atoms with Crippen LogP contribution in [0.15, 0.2) is 53.4 Å². The fourth-order valence-corrected chi connectivity index (χ4v) is 4.21. The van der Waals surface area contributed by atoms with Crippen molar-refractivity contribution < 1.29 is 18.0 Å². The third-order valence-electron chi connectivity index (χ3n) is 5.30. The number of piperidine rings is 1. The third kappa shape index (κ3) is 6.00. The van der Waals surface area contributed by atoms with E-state index in [0.29, 0.717) is 12.5 Å². The molecule has 3 nitrogen and oxygen atoms in total. The summed E-state index contributed by atoms with van der Waals surface area (Å²) < 4.78 is 38.4. The lowest BCUT2D eigenvalue weighted by atomic mass is 9.96. The number of thioether (sulfide) groups is 1. The second-order valence-electron chi connectivity index (χ2n) is 7.32. The number of likely N-dealkylation sites (tertiary alicyclic amines) is 1. The van der Waals surface area contributed by atoms with Crippen molar-refractivity contribution in [2.24, 2.45) is 5.92 Å². The summed E-state index contributed by atoms with van der Waals surface area (Å²) in [7, 11) is 0. The normalized spacial score (nSPS) is 16.0. The molecular weight excluding hydrogens is 397 g/mol. The molecule has 0 saturated carbocycles. The van der Waals surface area contributed by atoms with Gasteiger partial charge in [-0.2, -0.15) is 13.2 Å². The number of benzene rings is 2. The van der Waals surface area contributed by atoms with Crippen molar-refractivity contribution in [3.8, 4) is 0 Å². The molecule has 1 amide bonds. The van der Waals surface area contributed by atoms with E-state index in [4.69, 9.17) is 0 Å². The third-order valence-corrected chi connectivity index (χ3v) is 6.14. The average Bonchev–Trinajstić information content (AvgIpc) is 2.73. The lowest BCUT2D eigenvalue weighted by Crippen LogP contribution is -2.38. The van der Waals surface area contributed by atoms with Crippen LogP contribution in [0, 0.1) is 5.92 Å². The molecule has 0 radical (unpaired) electrons. The van der Waals surface area contributed by atoms with E-state index in [1.54, 1.807) is 11.8 Å². The van der Waals surface area contributed by atoms with Gasteiger partial charge in [0.05, 0.1) is 5.56 Å². The van der Waals surface area contributed by atoms with Crippen molar-refractivity contribution in [1.29, 1.82) is 0 Å². The number of hydrogen-bond acceptors (Lipinski definition) is 3. The highest BCUT2D eigenvalue weighted by molar-refractivity contribution is 7.98. The van der Waals surface area contributed by atoms with Crippen LogP contribution in [0.1, 0.15) is 34.3 Å². The molecule has 0 aromatic heterocycles. The van der Waals surface area contributed by atoms with Gasteiger partial charge in [-0.15, -0.1) is 11.8 Å². The molecular formula is C22H25F3N2OS. The molecule has 0 unspecified atom stereocenters. The Kier molecular flexibility index (Phi) is 7.24. The highest BCUT2D eigenvalue weighted by Gasteiger charge is 2.31. The van der Waals surface area contributed by atoms with Crippen LogP contribution in [0.3, 0.4) is 0 Å². The van der Waals surface area contributed by atoms with Gasteiger partial charge in [-0.1, -0.05) is 24.3 Å². The highest BCUT2D eigenvalue weighted by Crippen LogP contribution is 2.29. The second kappa shape index (κ2) is 9.67. The maximum Gasteiger partial charge on any atom is 0.416 e. The minimum atomic E-state index is -4.45. The Balaban J connectivity index is 1.47. The number of carbonyl (C=O) groups is 1. The Hall–Kier alpha value is -1.99. The summed E-state index contributed by atoms with van der Waals surface area (Å²) in [6, 6.07) is 13.0. The Morgan fingerprint density at radius 3 is 2.55 bits per heavy atom. The van der Waals surface area contributed by atoms with Crippen LogP contribution in [0.4, 0.5) is 13.2 Å². The van der Waals surface area contributed by atoms with Crippen LogP contribution in [0.5, 0.6) is 0 Å². The number of nitrogens with one attached hydrogen (secondary N) is 1. The van der Waals surface area contributed by atoms with Gasteiger partial charge in [-0.25, -0.2) is 0 Å². The van der Waals surface area contributed by atoms with Crippen molar-refractivity contribution in [3.63, 3.8) is 0 Å². The van der Waals surface area contributed by atoms with Crippen LogP contribution in [-0.2, 0) is 12.7 Å². The summed E-state index contributed by atoms with van der Waals surface area (Å²) in [5.74, 6) is -0.107. The number of alkyl halides is 3. The van der Waals surface area contributed by atoms with Crippen LogP contribution in [0.25, 0.3) is 0 Å². The van der Waals surface area contributed by atoms with Crippen molar-refractivity contribution >= 4 is 17.7 Å². The first-order valence-electron chi connectivity index (χ1n) is 9.66. The Morgan fingerprint density at radius 2 is 1.86 bits per heavy atom. The Morgan fingerprint density at radius 1 is 1.14 bits per heavy atom. The molecule has 2 aromatic rings. The van der Waals surface area contributed by atoms with E-state index >= 15 is 0 Å². The molecule has 2 aromatic carbocycles. The Bertz CT molecular complexity index is 833. The zero-order chi connectivity index (χ0) is 20.9. The zero-order valence-corrected chi connectivity index (χ0v) is 17.2. The first kappa shape index (κ1) is 21.7. The molecule has 0 bridgehead atoms. The van der Waals surface area contributed by atoms with Crippen molar-refractivity contribution in [2.45, 2.75) is 30.5 Å². The van der Waals surface area contributed by atoms with Gasteiger partial charge in [-0.3, -0.25) is 9.69 Å². The van der Waals surface area contributed by atoms with Gasteiger partial charge < -0.3 is 5.32 Å². The topological polar surface area (TPSA) is 32.3 Å². The van der Waals surface area contributed by atoms with E-state index < -0.39 is 17.6 Å². The fourth-order valence-electron chi connectivity index (χ4n) is 3.60. The monoisotopic (exact) mass is 422 g/mol. The van der Waals surface area contributed by atoms with Gasteiger partial charge in [0.25, 0.3) is 5.91 Å². The molecule has 0 spiro atoms. The largest absolute Gasteiger partial charge is 0.416 e. The number of hydrogen-bond donors (Lipinski definition) is 1. The number of amides is 1. The van der Waals surface area contributed by atoms with Gasteiger partial charge in [0.15, 0.2) is 0 Å². The van der Waals surface area contributed by atoms with Gasteiger partial charge in [0.1, 0.15) is 0 Å². The molecule has 0 atom stereocenters. The standard InChI is InChI=1S/C22H25F3N2OS/c1-29-20-8-3-2-5-18(20)15-27-11-9-16(10-12-27)14-26-21(28)17-6-4-7-19(13-17)22(23,24)25/h2-8,13,16H,9-12,14-15H2,1H3,(H,26,28). The predicted octanol–water partition coefficient (Wildman–Crippen LogP) is 5.07. The van der Waals surface area contributed by atoms with Crippen molar-refractivity contribution in [2.75, 3.05) is 25.9 Å². The smallest absolute Gasteiger partial charge is 0.352 e. The molecule has 1 aliphatic heterocycles. The fraction of sp³-hybridized carbons (Fsp3) is 0.409. The lowest BCUT2D eigenvalue weighted by Gasteiger charge is -2.32. The summed E-state index contributed by atoms with van der Waals surface area (Å²) in [6.07, 6.45) is -0.440. The summed E-state index contributed by atoms with van der Waals surface area (Å²) >= 11 is 1.75. The lowest BCUT2D eigenvalue weighted by molar-refractivity contribution is -0.137. The van der Waals surface area contributed by atoms with E-state index in [1.165, 1.54) is 22.6 Å². The van der Waals surface area contributed by atoms with E-state index in [0.717, 1.165) is 44.6 Å². The van der Waals surface area contributed by atoms with Gasteiger partial charge in [0.2, 0.25) is 0 Å². The molecule has 29 heavy (non-hydrogen) atoms. The predicted molar refractivity (Wildman–Crippen MR) is 110 cm³/mol. The van der Waals surface area contributed by atoms with Gasteiger partial charge >= 0.3 is 6.18 Å². The zero-order valence-electron chi connectivity index (χ0n) is 16.3. The number of rotatable bonds is 6. The van der Waals surface area contributed by atoms with Crippen LogP contribution in [0.2, 0.25) is 0 Å².